The Morgan fingerprint density at radius 2 is 1.71 bits per heavy atom. The second kappa shape index (κ2) is 11.8. The maximum absolute atomic E-state index is 13.9. The summed E-state index contributed by atoms with van der Waals surface area (Å²) < 4.78 is 0. The summed E-state index contributed by atoms with van der Waals surface area (Å²) in [6, 6.07) is 11.1. The third-order valence-corrected chi connectivity index (χ3v) is 14.8. The topological polar surface area (TPSA) is 97.2 Å². The monoisotopic (exact) mass is 652 g/mol. The van der Waals surface area contributed by atoms with Crippen LogP contribution in [-0.4, -0.2) is 98.2 Å². The van der Waals surface area contributed by atoms with E-state index in [4.69, 9.17) is 6.42 Å². The molecule has 3 heterocycles. The fraction of sp³-hybridized carbons (Fsp3) is 0.675. The number of fused-ring (bicyclic) bond motifs is 6. The number of hydrogen-bond acceptors (Lipinski definition) is 6. The minimum absolute atomic E-state index is 0.0429. The Balaban J connectivity index is 0.925. The van der Waals surface area contributed by atoms with Crippen LogP contribution in [-0.2, 0) is 4.79 Å². The number of carbonyl (C=O) groups excluding carboxylic acids is 2. The number of rotatable bonds is 3. The number of amides is 2. The summed E-state index contributed by atoms with van der Waals surface area (Å²) in [6.07, 6.45) is 15.0. The second-order valence-corrected chi connectivity index (χ2v) is 16.6. The fourth-order valence-electron chi connectivity index (χ4n) is 12.0. The largest absolute Gasteiger partial charge is 0.391 e. The first-order valence-corrected chi connectivity index (χ1v) is 18.6. The van der Waals surface area contributed by atoms with Crippen LogP contribution in [0.25, 0.3) is 10.9 Å². The number of benzene rings is 1. The van der Waals surface area contributed by atoms with E-state index in [-0.39, 0.29) is 34.8 Å². The highest BCUT2D eigenvalue weighted by molar-refractivity contribution is 5.98. The summed E-state index contributed by atoms with van der Waals surface area (Å²) in [5.74, 6) is 4.85. The first-order valence-electron chi connectivity index (χ1n) is 18.6. The van der Waals surface area contributed by atoms with Gasteiger partial charge >= 0.3 is 0 Å². The van der Waals surface area contributed by atoms with Gasteiger partial charge in [-0.2, -0.15) is 0 Å². The molecule has 1 aromatic heterocycles. The fourth-order valence-corrected chi connectivity index (χ4v) is 12.0. The Kier molecular flexibility index (Phi) is 7.93. The zero-order valence-electron chi connectivity index (χ0n) is 28.7. The van der Waals surface area contributed by atoms with E-state index in [2.05, 4.69) is 29.7 Å². The van der Waals surface area contributed by atoms with Gasteiger partial charge in [0.15, 0.2) is 0 Å². The van der Waals surface area contributed by atoms with Gasteiger partial charge in [0, 0.05) is 49.6 Å². The number of terminal acetylenes is 1. The molecule has 2 saturated heterocycles. The van der Waals surface area contributed by atoms with E-state index in [1.165, 1.54) is 6.42 Å². The number of carbonyl (C=O) groups is 2. The molecule has 2 amide bonds. The van der Waals surface area contributed by atoms with Crippen LogP contribution in [0.15, 0.2) is 36.4 Å². The highest BCUT2D eigenvalue weighted by Gasteiger charge is 2.65. The lowest BCUT2D eigenvalue weighted by atomic mass is 9.44. The van der Waals surface area contributed by atoms with Crippen LogP contribution in [0.4, 0.5) is 0 Å². The molecule has 256 valence electrons. The summed E-state index contributed by atoms with van der Waals surface area (Å²) in [5.41, 5.74) is 0.141. The van der Waals surface area contributed by atoms with Gasteiger partial charge < -0.3 is 20.0 Å². The number of aliphatic hydroxyl groups is 2. The van der Waals surface area contributed by atoms with Gasteiger partial charge in [-0.25, -0.2) is 4.98 Å². The lowest BCUT2D eigenvalue weighted by Crippen LogP contribution is -2.63. The highest BCUT2D eigenvalue weighted by Crippen LogP contribution is 2.68. The van der Waals surface area contributed by atoms with E-state index in [0.717, 1.165) is 68.9 Å². The van der Waals surface area contributed by atoms with Gasteiger partial charge in [-0.05, 0) is 105 Å². The van der Waals surface area contributed by atoms with Crippen molar-refractivity contribution in [2.75, 3.05) is 32.7 Å². The van der Waals surface area contributed by atoms with Gasteiger partial charge in [0.1, 0.15) is 17.3 Å². The van der Waals surface area contributed by atoms with Crippen LogP contribution in [0, 0.1) is 46.8 Å². The number of para-hydroxylation sites is 1. The third-order valence-electron chi connectivity index (χ3n) is 14.8. The number of aliphatic hydroxyl groups excluding tert-OH is 1. The number of piperazine rings is 1. The molecule has 2 N–H and O–H groups in total. The molecule has 1 unspecified atom stereocenters. The van der Waals surface area contributed by atoms with E-state index >= 15 is 0 Å². The minimum Gasteiger partial charge on any atom is -0.391 e. The molecule has 0 spiro atoms. The minimum atomic E-state index is -0.987. The number of pyridine rings is 1. The molecule has 8 heteroatoms. The van der Waals surface area contributed by atoms with Crippen molar-refractivity contribution in [2.45, 2.75) is 102 Å². The molecule has 2 aliphatic heterocycles. The lowest BCUT2D eigenvalue weighted by Gasteiger charge is -2.63. The van der Waals surface area contributed by atoms with Crippen LogP contribution in [0.5, 0.6) is 0 Å². The smallest absolute Gasteiger partial charge is 0.273 e. The van der Waals surface area contributed by atoms with Crippen LogP contribution in [0.2, 0.25) is 0 Å². The van der Waals surface area contributed by atoms with Gasteiger partial charge in [0.05, 0.1) is 11.6 Å². The number of aromatic nitrogens is 1. The van der Waals surface area contributed by atoms with Crippen molar-refractivity contribution in [2.24, 2.45) is 34.5 Å². The first kappa shape index (κ1) is 32.2. The number of nitrogens with zero attached hydrogens (tertiary/aromatic N) is 4. The summed E-state index contributed by atoms with van der Waals surface area (Å²) >= 11 is 0. The standard InChI is InChI=1S/C40H52N4O4/c1-4-40(48)18-16-30-28-13-12-27-24-35(45)34(25-38(27,2)29(28)15-17-39(30,40)3)42-20-22-43(23-21-42)37(47)33-10-7-19-44(33)36(46)32-14-11-26-8-5-6-9-31(26)41-32/h1,5-6,8-9,11,14,27-30,33-35,45,48H,7,10,12-13,15-25H2,2-3H3/t27-,28+,29?,30-,33-,34-,35-,38-,39-,40-/m0/s1. The van der Waals surface area contributed by atoms with Crippen LogP contribution in [0.3, 0.4) is 0 Å². The maximum Gasteiger partial charge on any atom is 0.273 e. The van der Waals surface area contributed by atoms with Crippen LogP contribution in [0.1, 0.15) is 88.5 Å². The molecule has 6 fully saturated rings. The average Bonchev–Trinajstić information content (AvgIpc) is 3.70. The molecule has 6 aliphatic rings. The molecule has 1 aromatic carbocycles. The Bertz CT molecular complexity index is 1630. The summed E-state index contributed by atoms with van der Waals surface area (Å²) in [5, 5.41) is 24.0. The van der Waals surface area contributed by atoms with E-state index in [1.807, 2.05) is 35.2 Å². The van der Waals surface area contributed by atoms with Crippen molar-refractivity contribution >= 4 is 22.7 Å². The molecular weight excluding hydrogens is 600 g/mol. The Morgan fingerprint density at radius 3 is 2.50 bits per heavy atom. The summed E-state index contributed by atoms with van der Waals surface area (Å²) in [6.45, 7) is 8.05. The summed E-state index contributed by atoms with van der Waals surface area (Å²) in [7, 11) is 0. The van der Waals surface area contributed by atoms with Gasteiger partial charge in [-0.1, -0.05) is 44.0 Å². The number of hydrogen-bond donors (Lipinski definition) is 2. The van der Waals surface area contributed by atoms with E-state index < -0.39 is 11.6 Å². The molecule has 0 bridgehead atoms. The van der Waals surface area contributed by atoms with Gasteiger partial charge in [-0.15, -0.1) is 6.42 Å². The van der Waals surface area contributed by atoms with Crippen molar-refractivity contribution in [1.29, 1.82) is 0 Å². The SMILES string of the molecule is C#C[C@]1(O)CC[C@H]2[C@@H]3CC[C@H]4C[C@H](O)[C@@H](N5CCN(C(=O)[C@@H]6CCCN6C(=O)c6ccc7ccccc7n6)CC5)C[C@]4(C)C3CC[C@@]21C. The predicted molar refractivity (Wildman–Crippen MR) is 185 cm³/mol. The molecule has 8 nitrogen and oxygen atoms in total. The van der Waals surface area contributed by atoms with Crippen molar-refractivity contribution in [3.63, 3.8) is 0 Å². The molecule has 48 heavy (non-hydrogen) atoms. The molecule has 4 saturated carbocycles. The van der Waals surface area contributed by atoms with Crippen LogP contribution < -0.4 is 0 Å². The van der Waals surface area contributed by atoms with Gasteiger partial charge in [-0.3, -0.25) is 14.5 Å². The normalized spacial score (nSPS) is 41.4. The molecule has 4 aliphatic carbocycles. The van der Waals surface area contributed by atoms with Gasteiger partial charge in [0.25, 0.3) is 5.91 Å². The third kappa shape index (κ3) is 4.86. The number of likely N-dealkylation sites (tertiary alicyclic amines) is 1. The Hall–Kier alpha value is -2.99. The van der Waals surface area contributed by atoms with Crippen molar-refractivity contribution in [3.05, 3.63) is 42.1 Å². The zero-order valence-corrected chi connectivity index (χ0v) is 28.7. The molecule has 0 radical (unpaired) electrons. The van der Waals surface area contributed by atoms with E-state index in [0.29, 0.717) is 61.8 Å². The van der Waals surface area contributed by atoms with Crippen molar-refractivity contribution in [3.8, 4) is 12.3 Å². The quantitative estimate of drug-likeness (QED) is 0.466. The molecule has 2 aromatic rings. The van der Waals surface area contributed by atoms with Gasteiger partial charge in [0.2, 0.25) is 5.91 Å². The molecule has 8 rings (SSSR count). The Morgan fingerprint density at radius 1 is 0.938 bits per heavy atom. The second-order valence-electron chi connectivity index (χ2n) is 16.6. The predicted octanol–water partition coefficient (Wildman–Crippen LogP) is 4.73. The van der Waals surface area contributed by atoms with Crippen molar-refractivity contribution in [1.82, 2.24) is 19.7 Å². The van der Waals surface area contributed by atoms with E-state index in [1.54, 1.807) is 11.0 Å². The van der Waals surface area contributed by atoms with E-state index in [9.17, 15) is 19.8 Å². The average molecular weight is 653 g/mol. The zero-order chi connectivity index (χ0) is 33.4. The van der Waals surface area contributed by atoms with Crippen LogP contribution >= 0.6 is 0 Å². The summed E-state index contributed by atoms with van der Waals surface area (Å²) in [4.78, 5) is 38.2. The Labute approximate surface area is 285 Å². The molecule has 10 atom stereocenters. The first-order chi connectivity index (χ1) is 23.1. The maximum atomic E-state index is 13.9. The highest BCUT2D eigenvalue weighted by atomic mass is 16.3. The lowest BCUT2D eigenvalue weighted by molar-refractivity contribution is -0.163. The van der Waals surface area contributed by atoms with Crippen molar-refractivity contribution < 1.29 is 19.8 Å². The molecular formula is C40H52N4O4.